The first-order valence-corrected chi connectivity index (χ1v) is 10.2. The van der Waals surface area contributed by atoms with Gasteiger partial charge in [-0.25, -0.2) is 0 Å². The fourth-order valence-electron chi connectivity index (χ4n) is 3.29. The minimum Gasteiger partial charge on any atom is -0.495 e. The number of hydrogen-bond acceptors (Lipinski definition) is 6. The van der Waals surface area contributed by atoms with Crippen molar-refractivity contribution >= 4 is 23.6 Å². The number of para-hydroxylation sites is 3. The van der Waals surface area contributed by atoms with Crippen molar-refractivity contribution in [2.45, 2.75) is 6.92 Å². The Bertz CT molecular complexity index is 1430. The van der Waals surface area contributed by atoms with Gasteiger partial charge in [-0.2, -0.15) is 0 Å². The molecular weight excluding hydrogens is 424 g/mol. The lowest BCUT2D eigenvalue weighted by atomic mass is 10.2. The van der Waals surface area contributed by atoms with Crippen LogP contribution in [-0.4, -0.2) is 21.4 Å². The van der Waals surface area contributed by atoms with Crippen LogP contribution in [0.2, 0.25) is 0 Å². The van der Waals surface area contributed by atoms with Gasteiger partial charge in [0.2, 0.25) is 11.6 Å². The molecule has 0 aliphatic rings. The van der Waals surface area contributed by atoms with Crippen LogP contribution in [0.15, 0.2) is 93.9 Å². The predicted octanol–water partition coefficient (Wildman–Crippen LogP) is 5.80. The van der Waals surface area contributed by atoms with E-state index in [0.717, 1.165) is 5.56 Å². The monoisotopic (exact) mass is 444 g/mol. The maximum atomic E-state index is 13.4. The number of methoxy groups -OCH3 is 1. The standard InChI is InChI=1S/C24H20N4O3S/c1-16-10-6-7-13-18(16)25-26-21-22(29)27(17-11-4-3-5-12-17)24(32)28(23(21)30)19-14-8-9-15-20(19)31-2/h3-15,30H,1-2H3. The zero-order valence-corrected chi connectivity index (χ0v) is 18.3. The van der Waals surface area contributed by atoms with Crippen LogP contribution < -0.4 is 10.3 Å². The summed E-state index contributed by atoms with van der Waals surface area (Å²) in [5.74, 6) is 0.0490. The van der Waals surface area contributed by atoms with Gasteiger partial charge in [-0.15, -0.1) is 10.2 Å². The summed E-state index contributed by atoms with van der Waals surface area (Å²) in [5, 5.41) is 19.5. The summed E-state index contributed by atoms with van der Waals surface area (Å²) in [5.41, 5.74) is 1.66. The van der Waals surface area contributed by atoms with Crippen LogP contribution in [0.3, 0.4) is 0 Å². The first-order chi connectivity index (χ1) is 15.5. The molecule has 0 aliphatic heterocycles. The highest BCUT2D eigenvalue weighted by atomic mass is 32.1. The van der Waals surface area contributed by atoms with Gasteiger partial charge in [0.05, 0.1) is 24.2 Å². The Kier molecular flexibility index (Phi) is 5.96. The molecule has 3 aromatic carbocycles. The van der Waals surface area contributed by atoms with Crippen LogP contribution in [0, 0.1) is 11.7 Å². The second-order valence-electron chi connectivity index (χ2n) is 6.92. The van der Waals surface area contributed by atoms with Crippen molar-refractivity contribution in [2.24, 2.45) is 10.2 Å². The molecule has 1 heterocycles. The third-order valence-electron chi connectivity index (χ3n) is 4.93. The Labute approximate surface area is 189 Å². The van der Waals surface area contributed by atoms with Crippen LogP contribution in [0.5, 0.6) is 11.6 Å². The molecule has 8 heteroatoms. The highest BCUT2D eigenvalue weighted by molar-refractivity contribution is 7.71. The molecule has 4 aromatic rings. The first kappa shape index (κ1) is 21.2. The number of hydrogen-bond donors (Lipinski definition) is 1. The second-order valence-corrected chi connectivity index (χ2v) is 7.29. The predicted molar refractivity (Wildman–Crippen MR) is 126 cm³/mol. The number of aryl methyl sites for hydroxylation is 1. The van der Waals surface area contributed by atoms with Crippen molar-refractivity contribution in [1.29, 1.82) is 0 Å². The van der Waals surface area contributed by atoms with E-state index in [1.54, 1.807) is 54.6 Å². The lowest BCUT2D eigenvalue weighted by Crippen LogP contribution is -2.23. The Balaban J connectivity index is 2.05. The fourth-order valence-corrected chi connectivity index (χ4v) is 3.66. The van der Waals surface area contributed by atoms with E-state index < -0.39 is 11.4 Å². The van der Waals surface area contributed by atoms with Crippen molar-refractivity contribution in [2.75, 3.05) is 7.11 Å². The third-order valence-corrected chi connectivity index (χ3v) is 5.29. The first-order valence-electron chi connectivity index (χ1n) is 9.80. The summed E-state index contributed by atoms with van der Waals surface area (Å²) in [6, 6.07) is 23.4. The largest absolute Gasteiger partial charge is 0.495 e. The minimum absolute atomic E-state index is 0.0676. The number of ether oxygens (including phenoxy) is 1. The maximum absolute atomic E-state index is 13.4. The molecule has 0 fully saturated rings. The van der Waals surface area contributed by atoms with Crippen LogP contribution in [0.1, 0.15) is 5.56 Å². The number of azo groups is 1. The summed E-state index contributed by atoms with van der Waals surface area (Å²) in [7, 11) is 1.52. The molecule has 0 amide bonds. The van der Waals surface area contributed by atoms with Gasteiger partial charge < -0.3 is 9.84 Å². The van der Waals surface area contributed by atoms with Gasteiger partial charge >= 0.3 is 0 Å². The molecule has 0 radical (unpaired) electrons. The normalized spacial score (nSPS) is 11.1. The number of rotatable bonds is 5. The van der Waals surface area contributed by atoms with Gasteiger partial charge in [-0.3, -0.25) is 13.9 Å². The van der Waals surface area contributed by atoms with Crippen LogP contribution in [-0.2, 0) is 0 Å². The Morgan fingerprint density at radius 3 is 2.25 bits per heavy atom. The fraction of sp³-hybridized carbons (Fsp3) is 0.0833. The van der Waals surface area contributed by atoms with E-state index in [1.165, 1.54) is 16.2 Å². The molecule has 160 valence electrons. The summed E-state index contributed by atoms with van der Waals surface area (Å²) >= 11 is 5.63. The topological polar surface area (TPSA) is 81.1 Å². The Hall–Kier alpha value is -4.04. The van der Waals surface area contributed by atoms with Crippen molar-refractivity contribution in [3.63, 3.8) is 0 Å². The average molecular weight is 445 g/mol. The van der Waals surface area contributed by atoms with E-state index in [9.17, 15) is 9.90 Å². The average Bonchev–Trinajstić information content (AvgIpc) is 2.81. The van der Waals surface area contributed by atoms with Crippen molar-refractivity contribution in [1.82, 2.24) is 9.13 Å². The quantitative estimate of drug-likeness (QED) is 0.312. The van der Waals surface area contributed by atoms with Crippen LogP contribution in [0.25, 0.3) is 11.4 Å². The molecule has 7 nitrogen and oxygen atoms in total. The Morgan fingerprint density at radius 2 is 1.53 bits per heavy atom. The molecule has 0 saturated heterocycles. The van der Waals surface area contributed by atoms with Crippen molar-refractivity contribution in [3.05, 3.63) is 99.6 Å². The number of aromatic hydroxyl groups is 1. The molecule has 0 atom stereocenters. The minimum atomic E-state index is -0.581. The van der Waals surface area contributed by atoms with E-state index in [1.807, 2.05) is 31.2 Å². The lowest BCUT2D eigenvalue weighted by Gasteiger charge is -2.17. The molecule has 0 saturated carbocycles. The lowest BCUT2D eigenvalue weighted by molar-refractivity contribution is 0.402. The number of aromatic nitrogens is 2. The number of nitrogens with zero attached hydrogens (tertiary/aromatic N) is 4. The van der Waals surface area contributed by atoms with E-state index in [-0.39, 0.29) is 10.5 Å². The van der Waals surface area contributed by atoms with E-state index in [4.69, 9.17) is 17.0 Å². The molecule has 0 spiro atoms. The summed E-state index contributed by atoms with van der Waals surface area (Å²) in [6.45, 7) is 1.89. The van der Waals surface area contributed by atoms with E-state index >= 15 is 0 Å². The van der Waals surface area contributed by atoms with Gasteiger partial charge in [0, 0.05) is 0 Å². The van der Waals surface area contributed by atoms with E-state index in [2.05, 4.69) is 10.2 Å². The van der Waals surface area contributed by atoms with Gasteiger partial charge in [0.1, 0.15) is 5.75 Å². The zero-order chi connectivity index (χ0) is 22.7. The summed E-state index contributed by atoms with van der Waals surface area (Å²) < 4.78 is 8.19. The van der Waals surface area contributed by atoms with Gasteiger partial charge in [0.25, 0.3) is 5.56 Å². The molecule has 32 heavy (non-hydrogen) atoms. The Morgan fingerprint density at radius 1 is 0.875 bits per heavy atom. The molecule has 0 aliphatic carbocycles. The highest BCUT2D eigenvalue weighted by Gasteiger charge is 2.21. The van der Waals surface area contributed by atoms with Gasteiger partial charge in [-0.05, 0) is 55.0 Å². The smallest absolute Gasteiger partial charge is 0.290 e. The SMILES string of the molecule is COc1ccccc1-n1c(O)c(N=Nc2ccccc2C)c(=O)n(-c2ccccc2)c1=S. The zero-order valence-electron chi connectivity index (χ0n) is 17.5. The molecule has 1 aromatic heterocycles. The summed E-state index contributed by atoms with van der Waals surface area (Å²) in [4.78, 5) is 13.4. The number of benzene rings is 3. The third kappa shape index (κ3) is 3.83. The molecule has 0 bridgehead atoms. The van der Waals surface area contributed by atoms with Crippen molar-refractivity contribution < 1.29 is 9.84 Å². The molecular formula is C24H20N4O3S. The molecule has 0 unspecified atom stereocenters. The molecule has 1 N–H and O–H groups in total. The second kappa shape index (κ2) is 8.99. The maximum Gasteiger partial charge on any atom is 0.290 e. The molecule has 4 rings (SSSR count). The highest BCUT2D eigenvalue weighted by Crippen LogP contribution is 2.33. The van der Waals surface area contributed by atoms with Crippen molar-refractivity contribution in [3.8, 4) is 23.0 Å². The van der Waals surface area contributed by atoms with Gasteiger partial charge in [-0.1, -0.05) is 48.5 Å². The summed E-state index contributed by atoms with van der Waals surface area (Å²) in [6.07, 6.45) is 0. The van der Waals surface area contributed by atoms with E-state index in [0.29, 0.717) is 22.8 Å². The van der Waals surface area contributed by atoms with Gasteiger partial charge in [0.15, 0.2) is 4.77 Å². The van der Waals surface area contributed by atoms with Crippen LogP contribution in [0.4, 0.5) is 11.4 Å². The van der Waals surface area contributed by atoms with Crippen LogP contribution >= 0.6 is 12.2 Å².